The highest BCUT2D eigenvalue weighted by Gasteiger charge is 2.15. The van der Waals surface area contributed by atoms with Gasteiger partial charge in [-0.3, -0.25) is 11.3 Å². The molecule has 2 rings (SSSR count). The van der Waals surface area contributed by atoms with Crippen LogP contribution in [0.2, 0.25) is 10.0 Å². The van der Waals surface area contributed by atoms with E-state index in [0.717, 1.165) is 5.56 Å². The van der Waals surface area contributed by atoms with Gasteiger partial charge in [0, 0.05) is 10.0 Å². The molecular weight excluding hydrogens is 291 g/mol. The third kappa shape index (κ3) is 3.53. The molecule has 1 unspecified atom stereocenters. The van der Waals surface area contributed by atoms with Gasteiger partial charge < -0.3 is 0 Å². The third-order valence-electron chi connectivity index (χ3n) is 3.44. The van der Waals surface area contributed by atoms with Crippen molar-refractivity contribution in [3.63, 3.8) is 0 Å². The second-order valence-corrected chi connectivity index (χ2v) is 5.86. The fourth-order valence-corrected chi connectivity index (χ4v) is 2.70. The topological polar surface area (TPSA) is 38.0 Å². The van der Waals surface area contributed by atoms with Gasteiger partial charge in [0.25, 0.3) is 0 Å². The standard InChI is InChI=1S/C16H18Cl2N2/c1-10-3-4-11(2)14(7-10)16(20-19)9-12-8-13(17)5-6-15(12)18/h3-8,16,20H,9,19H2,1-2H3. The van der Waals surface area contributed by atoms with Gasteiger partial charge in [-0.1, -0.05) is 47.0 Å². The molecule has 0 aromatic heterocycles. The van der Waals surface area contributed by atoms with E-state index in [0.29, 0.717) is 16.5 Å². The van der Waals surface area contributed by atoms with Gasteiger partial charge >= 0.3 is 0 Å². The lowest BCUT2D eigenvalue weighted by Crippen LogP contribution is -2.30. The monoisotopic (exact) mass is 308 g/mol. The van der Waals surface area contributed by atoms with Crippen molar-refractivity contribution in [2.24, 2.45) is 5.84 Å². The summed E-state index contributed by atoms with van der Waals surface area (Å²) in [6.07, 6.45) is 0.695. The van der Waals surface area contributed by atoms with Gasteiger partial charge in [-0.15, -0.1) is 0 Å². The molecule has 0 spiro atoms. The van der Waals surface area contributed by atoms with Crippen LogP contribution in [0.4, 0.5) is 0 Å². The normalized spacial score (nSPS) is 12.4. The molecule has 0 heterocycles. The van der Waals surface area contributed by atoms with E-state index in [4.69, 9.17) is 29.0 Å². The Bertz CT molecular complexity index is 611. The van der Waals surface area contributed by atoms with Gasteiger partial charge in [-0.25, -0.2) is 0 Å². The van der Waals surface area contributed by atoms with Gasteiger partial charge in [-0.05, 0) is 55.2 Å². The highest BCUT2D eigenvalue weighted by Crippen LogP contribution is 2.27. The average molecular weight is 309 g/mol. The van der Waals surface area contributed by atoms with Crippen molar-refractivity contribution in [2.75, 3.05) is 0 Å². The number of hydrogen-bond donors (Lipinski definition) is 2. The summed E-state index contributed by atoms with van der Waals surface area (Å²) in [6, 6.07) is 11.8. The van der Waals surface area contributed by atoms with Crippen molar-refractivity contribution in [3.8, 4) is 0 Å². The number of nitrogens with two attached hydrogens (primary N) is 1. The number of hydrazine groups is 1. The van der Waals surface area contributed by atoms with E-state index < -0.39 is 0 Å². The fourth-order valence-electron chi connectivity index (χ4n) is 2.31. The van der Waals surface area contributed by atoms with Crippen molar-refractivity contribution in [3.05, 3.63) is 68.7 Å². The first-order chi connectivity index (χ1) is 9.51. The lowest BCUT2D eigenvalue weighted by Gasteiger charge is -2.20. The molecule has 0 saturated carbocycles. The Balaban J connectivity index is 2.33. The average Bonchev–Trinajstić information content (AvgIpc) is 2.42. The van der Waals surface area contributed by atoms with Crippen molar-refractivity contribution in [2.45, 2.75) is 26.3 Å². The summed E-state index contributed by atoms with van der Waals surface area (Å²) in [5, 5.41) is 1.39. The summed E-state index contributed by atoms with van der Waals surface area (Å²) in [5.74, 6) is 5.73. The molecular formula is C16H18Cl2N2. The summed E-state index contributed by atoms with van der Waals surface area (Å²) in [6.45, 7) is 4.15. The van der Waals surface area contributed by atoms with Crippen LogP contribution in [0.15, 0.2) is 36.4 Å². The van der Waals surface area contributed by atoms with Crippen molar-refractivity contribution >= 4 is 23.2 Å². The summed E-state index contributed by atoms with van der Waals surface area (Å²) in [4.78, 5) is 0. The van der Waals surface area contributed by atoms with Crippen LogP contribution >= 0.6 is 23.2 Å². The van der Waals surface area contributed by atoms with Crippen LogP contribution < -0.4 is 11.3 Å². The summed E-state index contributed by atoms with van der Waals surface area (Å²) < 4.78 is 0. The molecule has 2 nitrogen and oxygen atoms in total. The van der Waals surface area contributed by atoms with Crippen molar-refractivity contribution in [1.82, 2.24) is 5.43 Å². The second-order valence-electron chi connectivity index (χ2n) is 5.02. The minimum absolute atomic E-state index is 0.00543. The predicted octanol–water partition coefficient (Wildman–Crippen LogP) is 4.36. The fraction of sp³-hybridized carbons (Fsp3) is 0.250. The van der Waals surface area contributed by atoms with Crippen molar-refractivity contribution in [1.29, 1.82) is 0 Å². The SMILES string of the molecule is Cc1ccc(C)c(C(Cc2cc(Cl)ccc2Cl)NN)c1. The van der Waals surface area contributed by atoms with E-state index in [9.17, 15) is 0 Å². The van der Waals surface area contributed by atoms with Crippen LogP contribution in [-0.4, -0.2) is 0 Å². The van der Waals surface area contributed by atoms with Crippen LogP contribution in [0.25, 0.3) is 0 Å². The molecule has 0 aliphatic heterocycles. The van der Waals surface area contributed by atoms with Gasteiger partial charge in [-0.2, -0.15) is 0 Å². The lowest BCUT2D eigenvalue weighted by atomic mass is 9.94. The Morgan fingerprint density at radius 2 is 1.85 bits per heavy atom. The molecule has 2 aromatic carbocycles. The molecule has 0 fully saturated rings. The zero-order valence-electron chi connectivity index (χ0n) is 11.6. The van der Waals surface area contributed by atoms with E-state index in [2.05, 4.69) is 37.5 Å². The molecule has 2 aromatic rings. The first kappa shape index (κ1) is 15.3. The maximum Gasteiger partial charge on any atom is 0.0503 e. The third-order valence-corrected chi connectivity index (χ3v) is 4.05. The van der Waals surface area contributed by atoms with E-state index in [1.165, 1.54) is 16.7 Å². The number of halogens is 2. The Hall–Kier alpha value is -1.06. The van der Waals surface area contributed by atoms with Crippen LogP contribution in [0.3, 0.4) is 0 Å². The zero-order valence-corrected chi connectivity index (χ0v) is 13.1. The quantitative estimate of drug-likeness (QED) is 0.650. The molecule has 0 amide bonds. The molecule has 0 radical (unpaired) electrons. The maximum atomic E-state index is 6.23. The van der Waals surface area contributed by atoms with Crippen LogP contribution in [-0.2, 0) is 6.42 Å². The number of benzene rings is 2. The molecule has 0 aliphatic rings. The molecule has 4 heteroatoms. The highest BCUT2D eigenvalue weighted by atomic mass is 35.5. The van der Waals surface area contributed by atoms with E-state index in [-0.39, 0.29) is 6.04 Å². The van der Waals surface area contributed by atoms with Crippen LogP contribution in [0, 0.1) is 13.8 Å². The second kappa shape index (κ2) is 6.59. The predicted molar refractivity (Wildman–Crippen MR) is 86.1 cm³/mol. The van der Waals surface area contributed by atoms with Gasteiger partial charge in [0.05, 0.1) is 6.04 Å². The minimum atomic E-state index is 0.00543. The maximum absolute atomic E-state index is 6.23. The molecule has 1 atom stereocenters. The van der Waals surface area contributed by atoms with E-state index in [1.807, 2.05) is 12.1 Å². The smallest absolute Gasteiger partial charge is 0.0503 e. The van der Waals surface area contributed by atoms with Crippen molar-refractivity contribution < 1.29 is 0 Å². The first-order valence-corrected chi connectivity index (χ1v) is 7.24. The number of nitrogens with one attached hydrogen (secondary N) is 1. The number of aryl methyl sites for hydroxylation is 2. The number of rotatable bonds is 4. The largest absolute Gasteiger partial charge is 0.271 e. The molecule has 106 valence electrons. The highest BCUT2D eigenvalue weighted by molar-refractivity contribution is 6.33. The van der Waals surface area contributed by atoms with Gasteiger partial charge in [0.2, 0.25) is 0 Å². The summed E-state index contributed by atoms with van der Waals surface area (Å²) in [5.41, 5.74) is 7.47. The first-order valence-electron chi connectivity index (χ1n) is 6.48. The molecule has 0 aliphatic carbocycles. The zero-order chi connectivity index (χ0) is 14.7. The molecule has 0 bridgehead atoms. The molecule has 20 heavy (non-hydrogen) atoms. The molecule has 3 N–H and O–H groups in total. The summed E-state index contributed by atoms with van der Waals surface area (Å²) >= 11 is 12.3. The van der Waals surface area contributed by atoms with Crippen LogP contribution in [0.5, 0.6) is 0 Å². The Kier molecular flexibility index (Phi) is 5.06. The Labute approximate surface area is 129 Å². The summed E-state index contributed by atoms with van der Waals surface area (Å²) in [7, 11) is 0. The van der Waals surface area contributed by atoms with Gasteiger partial charge in [0.15, 0.2) is 0 Å². The van der Waals surface area contributed by atoms with E-state index >= 15 is 0 Å². The van der Waals surface area contributed by atoms with Crippen LogP contribution in [0.1, 0.15) is 28.3 Å². The van der Waals surface area contributed by atoms with Gasteiger partial charge in [0.1, 0.15) is 0 Å². The minimum Gasteiger partial charge on any atom is -0.271 e. The van der Waals surface area contributed by atoms with E-state index in [1.54, 1.807) is 6.07 Å². The molecule has 0 saturated heterocycles. The Morgan fingerprint density at radius 3 is 2.55 bits per heavy atom. The Morgan fingerprint density at radius 1 is 1.10 bits per heavy atom. The number of hydrogen-bond acceptors (Lipinski definition) is 2. The lowest BCUT2D eigenvalue weighted by molar-refractivity contribution is 0.549.